The Morgan fingerprint density at radius 1 is 1.08 bits per heavy atom. The highest BCUT2D eigenvalue weighted by atomic mass is 16.2. The minimum atomic E-state index is -0.444. The van der Waals surface area contributed by atoms with Crippen molar-refractivity contribution in [2.45, 2.75) is 26.7 Å². The molecule has 24 heavy (non-hydrogen) atoms. The molecule has 1 N–H and O–H groups in total. The number of para-hydroxylation sites is 1. The molecule has 6 heteroatoms. The van der Waals surface area contributed by atoms with Crippen molar-refractivity contribution in [3.05, 3.63) is 42.0 Å². The van der Waals surface area contributed by atoms with E-state index in [2.05, 4.69) is 10.5 Å². The van der Waals surface area contributed by atoms with Crippen LogP contribution in [-0.4, -0.2) is 23.4 Å². The summed E-state index contributed by atoms with van der Waals surface area (Å²) in [5.74, 6) is -1.56. The molecule has 124 valence electrons. The van der Waals surface area contributed by atoms with E-state index in [1.807, 2.05) is 12.2 Å². The second kappa shape index (κ2) is 6.39. The van der Waals surface area contributed by atoms with E-state index in [4.69, 9.17) is 0 Å². The third kappa shape index (κ3) is 2.75. The highest BCUT2D eigenvalue weighted by molar-refractivity contribution is 6.24. The van der Waals surface area contributed by atoms with E-state index in [1.165, 1.54) is 4.90 Å². The first-order valence-electron chi connectivity index (χ1n) is 7.93. The van der Waals surface area contributed by atoms with E-state index < -0.39 is 5.91 Å². The fraction of sp³-hybridized carbons (Fsp3) is 0.333. The summed E-state index contributed by atoms with van der Waals surface area (Å²) >= 11 is 0. The Balaban J connectivity index is 1.96. The molecule has 0 radical (unpaired) electrons. The summed E-state index contributed by atoms with van der Waals surface area (Å²) in [4.78, 5) is 38.9. The van der Waals surface area contributed by atoms with Crippen LogP contribution in [0.3, 0.4) is 0 Å². The molecule has 1 aromatic carbocycles. The number of amides is 3. The van der Waals surface area contributed by atoms with Crippen molar-refractivity contribution in [3.8, 4) is 0 Å². The molecule has 6 nitrogen and oxygen atoms in total. The van der Waals surface area contributed by atoms with Gasteiger partial charge in [0.15, 0.2) is 0 Å². The minimum absolute atomic E-state index is 0.232. The van der Waals surface area contributed by atoms with Gasteiger partial charge in [0.1, 0.15) is 0 Å². The van der Waals surface area contributed by atoms with Crippen LogP contribution >= 0.6 is 0 Å². The molecular weight excluding hydrogens is 306 g/mol. The van der Waals surface area contributed by atoms with Gasteiger partial charge in [-0.15, -0.1) is 0 Å². The highest BCUT2D eigenvalue weighted by Gasteiger charge is 2.48. The molecule has 2 aliphatic rings. The molecule has 1 saturated heterocycles. The molecule has 1 aliphatic carbocycles. The van der Waals surface area contributed by atoms with Crippen molar-refractivity contribution in [1.29, 1.82) is 0 Å². The average Bonchev–Trinajstić information content (AvgIpc) is 2.84. The number of nitrogens with one attached hydrogen (secondary N) is 1. The number of nitrogens with zero attached hydrogens (tertiary/aromatic N) is 2. The first-order valence-corrected chi connectivity index (χ1v) is 7.93. The van der Waals surface area contributed by atoms with Crippen molar-refractivity contribution in [2.75, 3.05) is 4.90 Å². The number of hydrogen-bond acceptors (Lipinski definition) is 4. The molecule has 2 atom stereocenters. The maximum atomic E-state index is 12.7. The van der Waals surface area contributed by atoms with Gasteiger partial charge in [-0.05, 0) is 38.8 Å². The van der Waals surface area contributed by atoms with Gasteiger partial charge in [0, 0.05) is 5.71 Å². The lowest BCUT2D eigenvalue weighted by Crippen LogP contribution is -2.33. The number of carbonyl (C=O) groups is 3. The van der Waals surface area contributed by atoms with Gasteiger partial charge in [0.2, 0.25) is 11.8 Å². The molecule has 3 rings (SSSR count). The second-order valence-corrected chi connectivity index (χ2v) is 6.18. The lowest BCUT2D eigenvalue weighted by atomic mass is 9.85. The molecule has 3 amide bonds. The third-order valence-electron chi connectivity index (χ3n) is 4.28. The van der Waals surface area contributed by atoms with Crippen molar-refractivity contribution < 1.29 is 14.4 Å². The fourth-order valence-corrected chi connectivity index (χ4v) is 3.12. The average molecular weight is 325 g/mol. The fourth-order valence-electron chi connectivity index (χ4n) is 3.12. The monoisotopic (exact) mass is 325 g/mol. The molecule has 1 fully saturated rings. The quantitative estimate of drug-likeness (QED) is 0.401. The molecule has 1 aliphatic heterocycles. The van der Waals surface area contributed by atoms with Crippen molar-refractivity contribution in [2.24, 2.45) is 16.9 Å². The molecule has 1 aromatic rings. The zero-order valence-electron chi connectivity index (χ0n) is 13.7. The van der Waals surface area contributed by atoms with Crippen LogP contribution in [-0.2, 0) is 9.59 Å². The Morgan fingerprint density at radius 2 is 1.67 bits per heavy atom. The number of rotatable bonds is 3. The minimum Gasteiger partial charge on any atom is -0.274 e. The van der Waals surface area contributed by atoms with Crippen LogP contribution in [0.15, 0.2) is 41.5 Å². The summed E-state index contributed by atoms with van der Waals surface area (Å²) in [7, 11) is 0. The van der Waals surface area contributed by atoms with Crippen LogP contribution in [0.1, 0.15) is 37.0 Å². The van der Waals surface area contributed by atoms with E-state index in [9.17, 15) is 14.4 Å². The zero-order chi connectivity index (χ0) is 17.3. The standard InChI is InChI=1S/C18H19N3O3/c1-11(2)19-20-16(22)14-9-5-6-10-15(14)21-17(23)12-7-3-4-8-13(12)18(21)24/h3-6,9-10,12-13H,7-8H2,1-2H3,(H,20,22)/t12-,13+. The van der Waals surface area contributed by atoms with Crippen LogP contribution in [0.4, 0.5) is 5.69 Å². The van der Waals surface area contributed by atoms with Gasteiger partial charge < -0.3 is 0 Å². The van der Waals surface area contributed by atoms with Crippen LogP contribution in [0.2, 0.25) is 0 Å². The van der Waals surface area contributed by atoms with E-state index >= 15 is 0 Å². The number of allylic oxidation sites excluding steroid dienone is 2. The van der Waals surface area contributed by atoms with Crippen molar-refractivity contribution >= 4 is 29.1 Å². The lowest BCUT2D eigenvalue weighted by molar-refractivity contribution is -0.122. The molecule has 0 spiro atoms. The number of anilines is 1. The topological polar surface area (TPSA) is 78.8 Å². The predicted octanol–water partition coefficient (Wildman–Crippen LogP) is 2.27. The van der Waals surface area contributed by atoms with Crippen molar-refractivity contribution in [1.82, 2.24) is 5.43 Å². The summed E-state index contributed by atoms with van der Waals surface area (Å²) in [6, 6.07) is 6.62. The maximum Gasteiger partial charge on any atom is 0.273 e. The van der Waals surface area contributed by atoms with Crippen molar-refractivity contribution in [3.63, 3.8) is 0 Å². The Labute approximate surface area is 140 Å². The first-order chi connectivity index (χ1) is 11.5. The van der Waals surface area contributed by atoms with Gasteiger partial charge in [-0.1, -0.05) is 24.3 Å². The lowest BCUT2D eigenvalue weighted by Gasteiger charge is -2.18. The maximum absolute atomic E-state index is 12.7. The Morgan fingerprint density at radius 3 is 2.25 bits per heavy atom. The van der Waals surface area contributed by atoms with Crippen LogP contribution in [0.5, 0.6) is 0 Å². The van der Waals surface area contributed by atoms with E-state index in [0.717, 1.165) is 0 Å². The normalized spacial score (nSPS) is 22.3. The van der Waals surface area contributed by atoms with Gasteiger partial charge in [-0.3, -0.25) is 14.4 Å². The number of benzene rings is 1. The van der Waals surface area contributed by atoms with Crippen LogP contribution in [0.25, 0.3) is 0 Å². The number of hydrazone groups is 1. The smallest absolute Gasteiger partial charge is 0.273 e. The third-order valence-corrected chi connectivity index (χ3v) is 4.28. The molecule has 0 bridgehead atoms. The highest BCUT2D eigenvalue weighted by Crippen LogP contribution is 2.38. The zero-order valence-corrected chi connectivity index (χ0v) is 13.7. The van der Waals surface area contributed by atoms with E-state index in [0.29, 0.717) is 24.2 Å². The summed E-state index contributed by atoms with van der Waals surface area (Å²) < 4.78 is 0. The first kappa shape index (κ1) is 16.1. The van der Waals surface area contributed by atoms with Gasteiger partial charge >= 0.3 is 0 Å². The van der Waals surface area contributed by atoms with E-state index in [1.54, 1.807) is 38.1 Å². The SMILES string of the molecule is CC(C)=NNC(=O)c1ccccc1N1C(=O)[C@H]2CC=CC[C@H]2C1=O. The van der Waals surface area contributed by atoms with Gasteiger partial charge in [0.25, 0.3) is 5.91 Å². The summed E-state index contributed by atoms with van der Waals surface area (Å²) in [6.45, 7) is 3.52. The molecule has 0 saturated carbocycles. The largest absolute Gasteiger partial charge is 0.274 e. The Kier molecular flexibility index (Phi) is 4.29. The van der Waals surface area contributed by atoms with Gasteiger partial charge in [-0.25, -0.2) is 10.3 Å². The van der Waals surface area contributed by atoms with Gasteiger partial charge in [-0.2, -0.15) is 5.10 Å². The molecule has 1 heterocycles. The number of fused-ring (bicyclic) bond motifs is 1. The Bertz CT molecular complexity index is 737. The molecule has 0 unspecified atom stereocenters. The molecule has 0 aromatic heterocycles. The summed E-state index contributed by atoms with van der Waals surface area (Å²) in [6.07, 6.45) is 5.01. The van der Waals surface area contributed by atoms with Gasteiger partial charge in [0.05, 0.1) is 23.1 Å². The predicted molar refractivity (Wildman–Crippen MR) is 90.5 cm³/mol. The number of carbonyl (C=O) groups excluding carboxylic acids is 3. The second-order valence-electron chi connectivity index (χ2n) is 6.18. The summed E-state index contributed by atoms with van der Waals surface area (Å²) in [5, 5.41) is 3.90. The number of hydrogen-bond donors (Lipinski definition) is 1. The molecular formula is C18H19N3O3. The van der Waals surface area contributed by atoms with Crippen LogP contribution in [0, 0.1) is 11.8 Å². The number of imide groups is 1. The summed E-state index contributed by atoms with van der Waals surface area (Å²) in [5.41, 5.74) is 3.72. The van der Waals surface area contributed by atoms with Crippen LogP contribution < -0.4 is 10.3 Å². The van der Waals surface area contributed by atoms with E-state index in [-0.39, 0.29) is 29.2 Å². The Hall–Kier alpha value is -2.76.